The van der Waals surface area contributed by atoms with Gasteiger partial charge in [-0.2, -0.15) is 0 Å². The van der Waals surface area contributed by atoms with Crippen molar-refractivity contribution in [3.63, 3.8) is 0 Å². The summed E-state index contributed by atoms with van der Waals surface area (Å²) in [6, 6.07) is 6.96. The number of carbonyl (C=O) groups is 2. The molecule has 25 heavy (non-hydrogen) atoms. The van der Waals surface area contributed by atoms with E-state index in [1.54, 1.807) is 34.1 Å². The molecule has 0 bridgehead atoms. The quantitative estimate of drug-likeness (QED) is 0.619. The van der Waals surface area contributed by atoms with Crippen LogP contribution in [0.15, 0.2) is 24.3 Å². The maximum absolute atomic E-state index is 12.1. The molecule has 138 valence electrons. The number of benzene rings is 1. The van der Waals surface area contributed by atoms with Crippen LogP contribution >= 0.6 is 0 Å². The molecule has 1 heterocycles. The van der Waals surface area contributed by atoms with Gasteiger partial charge in [-0.3, -0.25) is 9.59 Å². The minimum atomic E-state index is -3.22. The summed E-state index contributed by atoms with van der Waals surface area (Å²) < 4.78 is 29.6. The van der Waals surface area contributed by atoms with Gasteiger partial charge in [-0.05, 0) is 17.7 Å². The lowest BCUT2D eigenvalue weighted by Gasteiger charge is -2.32. The standard InChI is InChI=1S/C16H23N3O5S/c1-17(25(2,22)23)11-14-3-5-15(6-4-14)24-12-16(21)19-9-7-18(13-20)8-10-19/h3-6,13H,7-12H2,1-2H3. The van der Waals surface area contributed by atoms with Crippen LogP contribution in [0.4, 0.5) is 0 Å². The molecule has 0 aliphatic carbocycles. The molecule has 0 saturated carbocycles. The lowest BCUT2D eigenvalue weighted by atomic mass is 10.2. The first-order valence-electron chi connectivity index (χ1n) is 7.90. The van der Waals surface area contributed by atoms with Crippen LogP contribution in [0, 0.1) is 0 Å². The maximum atomic E-state index is 12.1. The molecule has 9 heteroatoms. The van der Waals surface area contributed by atoms with Gasteiger partial charge in [0.25, 0.3) is 5.91 Å². The van der Waals surface area contributed by atoms with Crippen LogP contribution in [0.2, 0.25) is 0 Å². The SMILES string of the molecule is CN(Cc1ccc(OCC(=O)N2CCN(C=O)CC2)cc1)S(C)(=O)=O. The van der Waals surface area contributed by atoms with E-state index in [1.165, 1.54) is 11.4 Å². The summed E-state index contributed by atoms with van der Waals surface area (Å²) in [5.41, 5.74) is 0.830. The summed E-state index contributed by atoms with van der Waals surface area (Å²) in [5, 5.41) is 0. The van der Waals surface area contributed by atoms with Gasteiger partial charge in [0.15, 0.2) is 6.61 Å². The highest BCUT2D eigenvalue weighted by atomic mass is 32.2. The van der Waals surface area contributed by atoms with E-state index in [0.29, 0.717) is 31.9 Å². The van der Waals surface area contributed by atoms with Gasteiger partial charge in [-0.1, -0.05) is 12.1 Å². The van der Waals surface area contributed by atoms with E-state index in [1.807, 2.05) is 0 Å². The van der Waals surface area contributed by atoms with E-state index in [-0.39, 0.29) is 19.1 Å². The highest BCUT2D eigenvalue weighted by Gasteiger charge is 2.20. The average Bonchev–Trinajstić information content (AvgIpc) is 2.60. The van der Waals surface area contributed by atoms with E-state index in [0.717, 1.165) is 18.2 Å². The Balaban J connectivity index is 1.81. The van der Waals surface area contributed by atoms with Crippen molar-refractivity contribution in [2.75, 3.05) is 46.1 Å². The Labute approximate surface area is 148 Å². The smallest absolute Gasteiger partial charge is 0.260 e. The molecule has 0 aromatic heterocycles. The number of amides is 2. The van der Waals surface area contributed by atoms with Crippen LogP contribution in [0.1, 0.15) is 5.56 Å². The van der Waals surface area contributed by atoms with E-state index in [4.69, 9.17) is 4.74 Å². The largest absolute Gasteiger partial charge is 0.484 e. The number of carbonyl (C=O) groups excluding carboxylic acids is 2. The molecule has 1 fully saturated rings. The molecular weight excluding hydrogens is 346 g/mol. The summed E-state index contributed by atoms with van der Waals surface area (Å²) in [6.45, 7) is 2.31. The maximum Gasteiger partial charge on any atom is 0.260 e. The van der Waals surface area contributed by atoms with Crippen molar-refractivity contribution < 1.29 is 22.7 Å². The summed E-state index contributed by atoms with van der Waals surface area (Å²) in [7, 11) is -1.71. The summed E-state index contributed by atoms with van der Waals surface area (Å²) in [4.78, 5) is 26.1. The second-order valence-corrected chi connectivity index (χ2v) is 8.06. The van der Waals surface area contributed by atoms with E-state index in [9.17, 15) is 18.0 Å². The predicted molar refractivity (Wildman–Crippen MR) is 92.5 cm³/mol. The lowest BCUT2D eigenvalue weighted by molar-refractivity contribution is -0.137. The van der Waals surface area contributed by atoms with Crippen molar-refractivity contribution in [2.24, 2.45) is 0 Å². The molecule has 8 nitrogen and oxygen atoms in total. The van der Waals surface area contributed by atoms with Crippen LogP contribution < -0.4 is 4.74 Å². The second-order valence-electron chi connectivity index (χ2n) is 5.97. The van der Waals surface area contributed by atoms with Gasteiger partial charge in [0.2, 0.25) is 16.4 Å². The summed E-state index contributed by atoms with van der Waals surface area (Å²) >= 11 is 0. The fourth-order valence-electron chi connectivity index (χ4n) is 2.38. The highest BCUT2D eigenvalue weighted by Crippen LogP contribution is 2.14. The molecule has 0 N–H and O–H groups in total. The molecule has 1 saturated heterocycles. The van der Waals surface area contributed by atoms with Gasteiger partial charge >= 0.3 is 0 Å². The Bertz CT molecular complexity index is 697. The molecule has 0 atom stereocenters. The Morgan fingerprint density at radius 1 is 1.20 bits per heavy atom. The first-order valence-corrected chi connectivity index (χ1v) is 9.74. The number of ether oxygens (including phenoxy) is 1. The highest BCUT2D eigenvalue weighted by molar-refractivity contribution is 7.88. The Morgan fingerprint density at radius 3 is 2.32 bits per heavy atom. The van der Waals surface area contributed by atoms with Crippen LogP contribution in [-0.4, -0.2) is 80.9 Å². The van der Waals surface area contributed by atoms with Crippen molar-refractivity contribution >= 4 is 22.3 Å². The van der Waals surface area contributed by atoms with Crippen LogP contribution in [0.25, 0.3) is 0 Å². The second kappa shape index (κ2) is 8.30. The third-order valence-corrected chi connectivity index (χ3v) is 5.33. The Morgan fingerprint density at radius 2 is 1.80 bits per heavy atom. The average molecular weight is 369 g/mol. The number of sulfonamides is 1. The number of rotatable bonds is 7. The topological polar surface area (TPSA) is 87.2 Å². The van der Waals surface area contributed by atoms with Crippen molar-refractivity contribution in [3.8, 4) is 5.75 Å². The van der Waals surface area contributed by atoms with E-state index in [2.05, 4.69) is 0 Å². The fraction of sp³-hybridized carbons (Fsp3) is 0.500. The first-order chi connectivity index (χ1) is 11.8. The normalized spacial score (nSPS) is 15.3. The minimum absolute atomic E-state index is 0.0658. The zero-order chi connectivity index (χ0) is 18.4. The number of hydrogen-bond donors (Lipinski definition) is 0. The number of hydrogen-bond acceptors (Lipinski definition) is 5. The zero-order valence-corrected chi connectivity index (χ0v) is 15.2. The monoisotopic (exact) mass is 369 g/mol. The van der Waals surface area contributed by atoms with Crippen molar-refractivity contribution in [1.82, 2.24) is 14.1 Å². The summed E-state index contributed by atoms with van der Waals surface area (Å²) in [5.74, 6) is 0.428. The molecule has 1 aromatic rings. The van der Waals surface area contributed by atoms with Gasteiger partial charge in [0, 0.05) is 39.8 Å². The first kappa shape index (κ1) is 19.2. The van der Waals surface area contributed by atoms with Crippen LogP contribution in [0.5, 0.6) is 5.75 Å². The van der Waals surface area contributed by atoms with Crippen molar-refractivity contribution in [3.05, 3.63) is 29.8 Å². The third-order valence-electron chi connectivity index (χ3n) is 4.07. The number of nitrogens with zero attached hydrogens (tertiary/aromatic N) is 3. The molecule has 0 unspecified atom stereocenters. The van der Waals surface area contributed by atoms with Crippen LogP contribution in [0.3, 0.4) is 0 Å². The summed E-state index contributed by atoms with van der Waals surface area (Å²) in [6.07, 6.45) is 1.95. The van der Waals surface area contributed by atoms with Crippen molar-refractivity contribution in [1.29, 1.82) is 0 Å². The molecule has 2 amide bonds. The predicted octanol–water partition coefficient (Wildman–Crippen LogP) is -0.243. The molecule has 1 aliphatic rings. The van der Waals surface area contributed by atoms with Gasteiger partial charge in [-0.25, -0.2) is 12.7 Å². The van der Waals surface area contributed by atoms with E-state index < -0.39 is 10.0 Å². The Kier molecular flexibility index (Phi) is 6.38. The van der Waals surface area contributed by atoms with Gasteiger partial charge < -0.3 is 14.5 Å². The fourth-order valence-corrected chi connectivity index (χ4v) is 2.76. The molecule has 2 rings (SSSR count). The van der Waals surface area contributed by atoms with E-state index >= 15 is 0 Å². The van der Waals surface area contributed by atoms with Crippen LogP contribution in [-0.2, 0) is 26.2 Å². The molecular formula is C16H23N3O5S. The molecule has 0 radical (unpaired) electrons. The molecule has 1 aromatic carbocycles. The van der Waals surface area contributed by atoms with Gasteiger partial charge in [0.1, 0.15) is 5.75 Å². The minimum Gasteiger partial charge on any atom is -0.484 e. The van der Waals surface area contributed by atoms with Gasteiger partial charge in [-0.15, -0.1) is 0 Å². The third kappa shape index (κ3) is 5.71. The number of piperazine rings is 1. The van der Waals surface area contributed by atoms with Crippen molar-refractivity contribution in [2.45, 2.75) is 6.54 Å². The Hall–Kier alpha value is -2.13. The van der Waals surface area contributed by atoms with Gasteiger partial charge in [0.05, 0.1) is 6.26 Å². The zero-order valence-electron chi connectivity index (χ0n) is 14.4. The lowest BCUT2D eigenvalue weighted by Crippen LogP contribution is -2.49. The molecule has 1 aliphatic heterocycles. The molecule has 0 spiro atoms.